The van der Waals surface area contributed by atoms with Gasteiger partial charge in [0.05, 0.1) is 12.4 Å². The number of likely N-dealkylation sites (tertiary alicyclic amines) is 1. The number of carbonyl (C=O) groups is 1. The van der Waals surface area contributed by atoms with E-state index in [4.69, 9.17) is 5.73 Å². The van der Waals surface area contributed by atoms with Crippen LogP contribution in [-0.2, 0) is 0 Å². The van der Waals surface area contributed by atoms with Gasteiger partial charge in [0.2, 0.25) is 0 Å². The monoisotopic (exact) mass is 277 g/mol. The fourth-order valence-corrected chi connectivity index (χ4v) is 2.56. The van der Waals surface area contributed by atoms with Crippen molar-refractivity contribution in [3.05, 3.63) is 18.1 Å². The minimum atomic E-state index is -0.553. The molecular formula is C14H23N5O. The van der Waals surface area contributed by atoms with Gasteiger partial charge in [-0.2, -0.15) is 0 Å². The van der Waals surface area contributed by atoms with Crippen molar-refractivity contribution in [2.75, 3.05) is 25.0 Å². The molecule has 1 aliphatic rings. The quantitative estimate of drug-likeness (QED) is 0.765. The predicted molar refractivity (Wildman–Crippen MR) is 78.5 cm³/mol. The third-order valence-corrected chi connectivity index (χ3v) is 3.76. The zero-order valence-corrected chi connectivity index (χ0v) is 12.0. The van der Waals surface area contributed by atoms with Crippen LogP contribution in [0.25, 0.3) is 0 Å². The zero-order chi connectivity index (χ0) is 14.4. The topological polar surface area (TPSA) is 84.1 Å². The lowest BCUT2D eigenvalue weighted by Gasteiger charge is -2.33. The molecule has 2 heterocycles. The highest BCUT2D eigenvalue weighted by Gasteiger charge is 2.17. The van der Waals surface area contributed by atoms with Gasteiger partial charge in [0, 0.05) is 19.1 Å². The van der Waals surface area contributed by atoms with Gasteiger partial charge in [-0.15, -0.1) is 0 Å². The van der Waals surface area contributed by atoms with Crippen LogP contribution >= 0.6 is 0 Å². The van der Waals surface area contributed by atoms with E-state index in [1.807, 2.05) is 0 Å². The molecule has 0 bridgehead atoms. The summed E-state index contributed by atoms with van der Waals surface area (Å²) in [5.41, 5.74) is 5.37. The van der Waals surface area contributed by atoms with E-state index < -0.39 is 5.91 Å². The highest BCUT2D eigenvalue weighted by Crippen LogP contribution is 2.16. The molecule has 1 unspecified atom stereocenters. The van der Waals surface area contributed by atoms with Crippen LogP contribution in [-0.4, -0.2) is 46.5 Å². The summed E-state index contributed by atoms with van der Waals surface area (Å²) in [6.07, 6.45) is 8.00. The fourth-order valence-electron chi connectivity index (χ4n) is 2.56. The van der Waals surface area contributed by atoms with Gasteiger partial charge in [0.25, 0.3) is 5.91 Å². The molecule has 1 aliphatic heterocycles. The van der Waals surface area contributed by atoms with E-state index in [9.17, 15) is 4.79 Å². The lowest BCUT2D eigenvalue weighted by Crippen LogP contribution is -2.38. The number of nitrogens with zero attached hydrogens (tertiary/aromatic N) is 3. The third kappa shape index (κ3) is 4.16. The first-order valence-corrected chi connectivity index (χ1v) is 7.26. The molecule has 6 heteroatoms. The minimum Gasteiger partial charge on any atom is -0.369 e. The van der Waals surface area contributed by atoms with Gasteiger partial charge in [-0.1, -0.05) is 6.42 Å². The highest BCUT2D eigenvalue weighted by atomic mass is 16.1. The minimum absolute atomic E-state index is 0.194. The summed E-state index contributed by atoms with van der Waals surface area (Å²) in [5.74, 6) is 0.0521. The molecule has 20 heavy (non-hydrogen) atoms. The number of rotatable bonds is 6. The number of aromatic nitrogens is 2. The van der Waals surface area contributed by atoms with Gasteiger partial charge < -0.3 is 16.0 Å². The van der Waals surface area contributed by atoms with Crippen LogP contribution in [0.3, 0.4) is 0 Å². The van der Waals surface area contributed by atoms with Crippen molar-refractivity contribution >= 4 is 11.7 Å². The highest BCUT2D eigenvalue weighted by molar-refractivity contribution is 5.90. The number of primary amides is 1. The molecule has 6 nitrogen and oxygen atoms in total. The second kappa shape index (κ2) is 7.19. The Balaban J connectivity index is 1.73. The van der Waals surface area contributed by atoms with Crippen molar-refractivity contribution in [1.82, 2.24) is 14.9 Å². The summed E-state index contributed by atoms with van der Waals surface area (Å²) in [7, 11) is 0. The molecule has 3 N–H and O–H groups in total. The van der Waals surface area contributed by atoms with Gasteiger partial charge in [-0.3, -0.25) is 9.78 Å². The van der Waals surface area contributed by atoms with Gasteiger partial charge >= 0.3 is 0 Å². The molecule has 1 amide bonds. The van der Waals surface area contributed by atoms with Crippen molar-refractivity contribution in [1.29, 1.82) is 0 Å². The normalized spacial score (nSPS) is 19.8. The van der Waals surface area contributed by atoms with E-state index in [0.717, 1.165) is 19.5 Å². The molecule has 1 aromatic heterocycles. The van der Waals surface area contributed by atoms with Crippen molar-refractivity contribution in [2.24, 2.45) is 5.73 Å². The average molecular weight is 277 g/mol. The fraction of sp³-hybridized carbons (Fsp3) is 0.643. The Morgan fingerprint density at radius 3 is 3.10 bits per heavy atom. The van der Waals surface area contributed by atoms with E-state index >= 15 is 0 Å². The summed E-state index contributed by atoms with van der Waals surface area (Å²) < 4.78 is 0. The molecule has 0 aromatic carbocycles. The van der Waals surface area contributed by atoms with E-state index in [1.165, 1.54) is 32.0 Å². The molecule has 0 saturated carbocycles. The van der Waals surface area contributed by atoms with Crippen molar-refractivity contribution in [3.63, 3.8) is 0 Å². The third-order valence-electron chi connectivity index (χ3n) is 3.76. The van der Waals surface area contributed by atoms with Gasteiger partial charge in [-0.25, -0.2) is 4.98 Å². The maximum absolute atomic E-state index is 11.0. The number of amides is 1. The number of nitrogens with one attached hydrogen (secondary N) is 1. The summed E-state index contributed by atoms with van der Waals surface area (Å²) in [5, 5.41) is 3.19. The summed E-state index contributed by atoms with van der Waals surface area (Å²) in [4.78, 5) is 21.6. The van der Waals surface area contributed by atoms with Crippen LogP contribution in [0.5, 0.6) is 0 Å². The van der Waals surface area contributed by atoms with Gasteiger partial charge in [0.15, 0.2) is 0 Å². The van der Waals surface area contributed by atoms with E-state index in [-0.39, 0.29) is 5.69 Å². The largest absolute Gasteiger partial charge is 0.369 e. The van der Waals surface area contributed by atoms with E-state index in [2.05, 4.69) is 27.1 Å². The average Bonchev–Trinajstić information content (AvgIpc) is 2.45. The molecule has 1 atom stereocenters. The number of hydrogen-bond donors (Lipinski definition) is 2. The second-order valence-electron chi connectivity index (χ2n) is 5.31. The predicted octanol–water partition coefficient (Wildman–Crippen LogP) is 1.25. The van der Waals surface area contributed by atoms with Crippen LogP contribution in [0.2, 0.25) is 0 Å². The van der Waals surface area contributed by atoms with E-state index in [0.29, 0.717) is 11.9 Å². The standard InChI is InChI=1S/C14H23N5O/c1-11-5-2-3-7-19(11)8-4-6-17-13-10-16-9-12(18-13)14(15)20/h9-11H,2-8H2,1H3,(H2,15,20)(H,17,18). The van der Waals surface area contributed by atoms with Crippen molar-refractivity contribution in [3.8, 4) is 0 Å². The molecule has 0 spiro atoms. The molecule has 0 aliphatic carbocycles. The lowest BCUT2D eigenvalue weighted by molar-refractivity contribution is 0.0995. The van der Waals surface area contributed by atoms with Crippen molar-refractivity contribution in [2.45, 2.75) is 38.6 Å². The van der Waals surface area contributed by atoms with Crippen LogP contribution < -0.4 is 11.1 Å². The Bertz CT molecular complexity index is 451. The number of carbonyl (C=O) groups excluding carboxylic acids is 1. The Kier molecular flexibility index (Phi) is 5.29. The molecular weight excluding hydrogens is 254 g/mol. The number of anilines is 1. The van der Waals surface area contributed by atoms with Crippen molar-refractivity contribution < 1.29 is 4.79 Å². The summed E-state index contributed by atoms with van der Waals surface area (Å²) in [6.45, 7) is 5.42. The Morgan fingerprint density at radius 1 is 1.50 bits per heavy atom. The van der Waals surface area contributed by atoms with Gasteiger partial charge in [-0.05, 0) is 32.7 Å². The van der Waals surface area contributed by atoms with Crippen LogP contribution in [0.1, 0.15) is 43.1 Å². The first-order chi connectivity index (χ1) is 9.66. The Hall–Kier alpha value is -1.69. The molecule has 1 aromatic rings. The van der Waals surface area contributed by atoms with Gasteiger partial charge in [0.1, 0.15) is 11.5 Å². The first-order valence-electron chi connectivity index (χ1n) is 7.26. The van der Waals surface area contributed by atoms with Crippen LogP contribution in [0.4, 0.5) is 5.82 Å². The molecule has 0 radical (unpaired) electrons. The molecule has 2 rings (SSSR count). The first kappa shape index (κ1) is 14.7. The maximum atomic E-state index is 11.0. The maximum Gasteiger partial charge on any atom is 0.268 e. The SMILES string of the molecule is CC1CCCCN1CCCNc1cncc(C(N)=O)n1. The van der Waals surface area contributed by atoms with Crippen LogP contribution in [0.15, 0.2) is 12.4 Å². The molecule has 1 fully saturated rings. The number of hydrogen-bond acceptors (Lipinski definition) is 5. The number of nitrogens with two attached hydrogens (primary N) is 1. The Morgan fingerprint density at radius 2 is 2.35 bits per heavy atom. The van der Waals surface area contributed by atoms with Crippen LogP contribution in [0, 0.1) is 0 Å². The summed E-state index contributed by atoms with van der Waals surface area (Å²) >= 11 is 0. The van der Waals surface area contributed by atoms with E-state index in [1.54, 1.807) is 6.20 Å². The number of piperidine rings is 1. The molecule has 1 saturated heterocycles. The smallest absolute Gasteiger partial charge is 0.268 e. The Labute approximate surface area is 119 Å². The lowest BCUT2D eigenvalue weighted by atomic mass is 10.0. The second-order valence-corrected chi connectivity index (χ2v) is 5.31. The molecule has 110 valence electrons. The summed E-state index contributed by atoms with van der Waals surface area (Å²) in [6, 6.07) is 0.696. The zero-order valence-electron chi connectivity index (χ0n) is 12.0.